The summed E-state index contributed by atoms with van der Waals surface area (Å²) >= 11 is 1.90. The van der Waals surface area contributed by atoms with Crippen molar-refractivity contribution in [3.63, 3.8) is 0 Å². The van der Waals surface area contributed by atoms with Gasteiger partial charge in [-0.15, -0.1) is 11.8 Å². The molecular formula is C13H18S. The van der Waals surface area contributed by atoms with Gasteiger partial charge in [0.1, 0.15) is 0 Å². The molecule has 0 bridgehead atoms. The van der Waals surface area contributed by atoms with E-state index in [0.29, 0.717) is 0 Å². The Balaban J connectivity index is 2.54. The molecule has 1 rings (SSSR count). The fraction of sp³-hybridized carbons (Fsp3) is 0.385. The summed E-state index contributed by atoms with van der Waals surface area (Å²) in [5.74, 6) is 1.08. The van der Waals surface area contributed by atoms with E-state index in [1.54, 1.807) is 0 Å². The molecule has 0 atom stereocenters. The molecule has 0 unspecified atom stereocenters. The monoisotopic (exact) mass is 206 g/mol. The van der Waals surface area contributed by atoms with Gasteiger partial charge in [0.25, 0.3) is 0 Å². The zero-order valence-electron chi connectivity index (χ0n) is 9.21. The van der Waals surface area contributed by atoms with Crippen LogP contribution in [0.4, 0.5) is 0 Å². The molecule has 1 aromatic rings. The molecule has 0 N–H and O–H groups in total. The Hall–Kier alpha value is -0.690. The first-order valence-electron chi connectivity index (χ1n) is 5.07. The molecule has 0 spiro atoms. The second kappa shape index (κ2) is 5.92. The van der Waals surface area contributed by atoms with Gasteiger partial charge in [0.15, 0.2) is 0 Å². The van der Waals surface area contributed by atoms with Crippen LogP contribution in [0.15, 0.2) is 40.8 Å². The van der Waals surface area contributed by atoms with E-state index < -0.39 is 0 Å². The second-order valence-electron chi connectivity index (χ2n) is 3.59. The molecular weight excluding hydrogens is 188 g/mol. The number of rotatable bonds is 4. The average molecular weight is 206 g/mol. The van der Waals surface area contributed by atoms with Crippen molar-refractivity contribution in [3.05, 3.63) is 41.5 Å². The first-order chi connectivity index (χ1) is 6.72. The fourth-order valence-electron chi connectivity index (χ4n) is 1.16. The van der Waals surface area contributed by atoms with Gasteiger partial charge in [-0.1, -0.05) is 30.7 Å². The third-order valence-electron chi connectivity index (χ3n) is 2.05. The lowest BCUT2D eigenvalue weighted by Crippen LogP contribution is -1.81. The summed E-state index contributed by atoms with van der Waals surface area (Å²) in [6.07, 6.45) is 3.39. The molecule has 1 heteroatoms. The first-order valence-corrected chi connectivity index (χ1v) is 6.06. The van der Waals surface area contributed by atoms with Gasteiger partial charge in [0.05, 0.1) is 0 Å². The highest BCUT2D eigenvalue weighted by molar-refractivity contribution is 7.99. The van der Waals surface area contributed by atoms with E-state index in [0.717, 1.165) is 12.2 Å². The smallest absolute Gasteiger partial charge is 0.0163 e. The van der Waals surface area contributed by atoms with Crippen molar-refractivity contribution in [1.29, 1.82) is 0 Å². The van der Waals surface area contributed by atoms with Crippen LogP contribution in [0, 0.1) is 0 Å². The molecule has 0 radical (unpaired) electrons. The third-order valence-corrected chi connectivity index (χ3v) is 2.97. The van der Waals surface area contributed by atoms with Crippen LogP contribution in [0.1, 0.15) is 26.3 Å². The molecule has 0 saturated heterocycles. The fourth-order valence-corrected chi connectivity index (χ4v) is 2.18. The molecule has 0 fully saturated rings. The zero-order valence-corrected chi connectivity index (χ0v) is 10.0. The SMILES string of the molecule is CCc1cccc(SCC=C(C)C)c1. The summed E-state index contributed by atoms with van der Waals surface area (Å²) in [4.78, 5) is 1.38. The van der Waals surface area contributed by atoms with Crippen LogP contribution < -0.4 is 0 Å². The van der Waals surface area contributed by atoms with E-state index >= 15 is 0 Å². The van der Waals surface area contributed by atoms with Crippen molar-refractivity contribution in [2.45, 2.75) is 32.1 Å². The number of thioether (sulfide) groups is 1. The van der Waals surface area contributed by atoms with Crippen LogP contribution in [0.3, 0.4) is 0 Å². The summed E-state index contributed by atoms with van der Waals surface area (Å²) in [6, 6.07) is 8.79. The molecule has 0 heterocycles. The van der Waals surface area contributed by atoms with Crippen LogP contribution >= 0.6 is 11.8 Å². The summed E-state index contributed by atoms with van der Waals surface area (Å²) in [5.41, 5.74) is 2.82. The van der Waals surface area contributed by atoms with Crippen molar-refractivity contribution in [2.24, 2.45) is 0 Å². The highest BCUT2D eigenvalue weighted by Crippen LogP contribution is 2.19. The highest BCUT2D eigenvalue weighted by atomic mass is 32.2. The van der Waals surface area contributed by atoms with E-state index in [-0.39, 0.29) is 0 Å². The van der Waals surface area contributed by atoms with Crippen LogP contribution in [0.5, 0.6) is 0 Å². The zero-order chi connectivity index (χ0) is 10.4. The molecule has 1 aromatic carbocycles. The maximum atomic E-state index is 2.28. The van der Waals surface area contributed by atoms with Gasteiger partial charge in [0, 0.05) is 10.6 Å². The maximum absolute atomic E-state index is 2.28. The van der Waals surface area contributed by atoms with Crippen molar-refractivity contribution in [3.8, 4) is 0 Å². The summed E-state index contributed by atoms with van der Waals surface area (Å²) in [6.45, 7) is 6.48. The molecule has 0 aliphatic carbocycles. The normalized spacial score (nSPS) is 9.93. The molecule has 0 nitrogen and oxygen atoms in total. The van der Waals surface area contributed by atoms with E-state index in [2.05, 4.69) is 51.1 Å². The van der Waals surface area contributed by atoms with Crippen LogP contribution in [0.25, 0.3) is 0 Å². The average Bonchev–Trinajstić information content (AvgIpc) is 2.18. The minimum Gasteiger partial charge on any atom is -0.122 e. The van der Waals surface area contributed by atoms with Crippen molar-refractivity contribution < 1.29 is 0 Å². The van der Waals surface area contributed by atoms with Gasteiger partial charge >= 0.3 is 0 Å². The molecule has 76 valence electrons. The van der Waals surface area contributed by atoms with Crippen LogP contribution in [0.2, 0.25) is 0 Å². The quantitative estimate of drug-likeness (QED) is 0.522. The largest absolute Gasteiger partial charge is 0.122 e. The Labute approximate surface area is 91.4 Å². The highest BCUT2D eigenvalue weighted by Gasteiger charge is 1.93. The van der Waals surface area contributed by atoms with Gasteiger partial charge in [-0.05, 0) is 38.0 Å². The summed E-state index contributed by atoms with van der Waals surface area (Å²) in [5, 5.41) is 0. The van der Waals surface area contributed by atoms with Crippen molar-refractivity contribution >= 4 is 11.8 Å². The van der Waals surface area contributed by atoms with E-state index in [9.17, 15) is 0 Å². The Kier molecular flexibility index (Phi) is 4.81. The predicted octanol–water partition coefficient (Wildman–Crippen LogP) is 4.31. The topological polar surface area (TPSA) is 0 Å². The maximum Gasteiger partial charge on any atom is 0.0163 e. The van der Waals surface area contributed by atoms with Crippen molar-refractivity contribution in [2.75, 3.05) is 5.75 Å². The molecule has 0 aliphatic rings. The second-order valence-corrected chi connectivity index (χ2v) is 4.69. The standard InChI is InChI=1S/C13H18S/c1-4-12-6-5-7-13(10-12)14-9-8-11(2)3/h5-8,10H,4,9H2,1-3H3. The Morgan fingerprint density at radius 3 is 2.79 bits per heavy atom. The van der Waals surface area contributed by atoms with Gasteiger partial charge in [0.2, 0.25) is 0 Å². The Morgan fingerprint density at radius 2 is 2.14 bits per heavy atom. The lowest BCUT2D eigenvalue weighted by molar-refractivity contribution is 1.12. The van der Waals surface area contributed by atoms with Crippen LogP contribution in [-0.2, 0) is 6.42 Å². The lowest BCUT2D eigenvalue weighted by Gasteiger charge is -2.01. The van der Waals surface area contributed by atoms with Gasteiger partial charge in [-0.25, -0.2) is 0 Å². The molecule has 0 aromatic heterocycles. The molecule has 14 heavy (non-hydrogen) atoms. The summed E-state index contributed by atoms with van der Waals surface area (Å²) in [7, 11) is 0. The van der Waals surface area contributed by atoms with Crippen LogP contribution in [-0.4, -0.2) is 5.75 Å². The number of allylic oxidation sites excluding steroid dienone is 1. The molecule has 0 amide bonds. The van der Waals surface area contributed by atoms with Crippen molar-refractivity contribution in [1.82, 2.24) is 0 Å². The number of benzene rings is 1. The number of aryl methyl sites for hydroxylation is 1. The lowest BCUT2D eigenvalue weighted by atomic mass is 10.2. The van der Waals surface area contributed by atoms with Gasteiger partial charge in [-0.3, -0.25) is 0 Å². The Morgan fingerprint density at radius 1 is 1.36 bits per heavy atom. The van der Waals surface area contributed by atoms with Gasteiger partial charge < -0.3 is 0 Å². The number of hydrogen-bond acceptors (Lipinski definition) is 1. The minimum atomic E-state index is 1.08. The predicted molar refractivity (Wildman–Crippen MR) is 66.0 cm³/mol. The Bertz CT molecular complexity index is 309. The van der Waals surface area contributed by atoms with E-state index in [1.165, 1.54) is 16.0 Å². The van der Waals surface area contributed by atoms with Gasteiger partial charge in [-0.2, -0.15) is 0 Å². The molecule has 0 saturated carbocycles. The van der Waals surface area contributed by atoms with E-state index in [4.69, 9.17) is 0 Å². The molecule has 0 aliphatic heterocycles. The third kappa shape index (κ3) is 4.01. The number of hydrogen-bond donors (Lipinski definition) is 0. The summed E-state index contributed by atoms with van der Waals surface area (Å²) < 4.78 is 0. The minimum absolute atomic E-state index is 1.08. The first kappa shape index (κ1) is 11.4. The van der Waals surface area contributed by atoms with E-state index in [1.807, 2.05) is 11.8 Å².